The first-order valence-electron chi connectivity index (χ1n) is 6.68. The molecular formula is C13H22O4. The molecule has 98 valence electrons. The Morgan fingerprint density at radius 1 is 1.12 bits per heavy atom. The van der Waals surface area contributed by atoms with Gasteiger partial charge in [0.25, 0.3) is 0 Å². The van der Waals surface area contributed by atoms with E-state index in [-0.39, 0.29) is 24.5 Å². The van der Waals surface area contributed by atoms with E-state index >= 15 is 0 Å². The van der Waals surface area contributed by atoms with E-state index < -0.39 is 0 Å². The van der Waals surface area contributed by atoms with Gasteiger partial charge >= 0.3 is 5.97 Å². The van der Waals surface area contributed by atoms with Gasteiger partial charge in [-0.15, -0.1) is 0 Å². The largest absolute Gasteiger partial charge is 0.462 e. The molecule has 2 aliphatic rings. The minimum atomic E-state index is -0.190. The van der Waals surface area contributed by atoms with Crippen molar-refractivity contribution >= 4 is 5.97 Å². The molecule has 1 heterocycles. The van der Waals surface area contributed by atoms with Crippen molar-refractivity contribution < 1.29 is 19.0 Å². The van der Waals surface area contributed by atoms with E-state index in [9.17, 15) is 4.79 Å². The van der Waals surface area contributed by atoms with E-state index in [2.05, 4.69) is 0 Å². The van der Waals surface area contributed by atoms with Gasteiger partial charge in [0, 0.05) is 20.0 Å². The van der Waals surface area contributed by atoms with Crippen molar-refractivity contribution in [3.05, 3.63) is 0 Å². The Morgan fingerprint density at radius 3 is 2.65 bits per heavy atom. The standard InChI is InChI=1S/C13H22O4/c1-10(14)16-11-5-4-6-12(9-11)17-13-7-2-3-8-15-13/h11-13H,2-9H2,1H3/t11-,12+,13+/m0/s1. The van der Waals surface area contributed by atoms with Gasteiger partial charge in [-0.05, 0) is 38.5 Å². The molecule has 0 N–H and O–H groups in total. The van der Waals surface area contributed by atoms with Crippen LogP contribution in [-0.2, 0) is 19.0 Å². The summed E-state index contributed by atoms with van der Waals surface area (Å²) in [6.45, 7) is 2.28. The molecule has 0 unspecified atom stereocenters. The normalized spacial score (nSPS) is 34.3. The van der Waals surface area contributed by atoms with Gasteiger partial charge in [0.05, 0.1) is 6.10 Å². The zero-order valence-electron chi connectivity index (χ0n) is 10.5. The third-order valence-electron chi connectivity index (χ3n) is 3.39. The highest BCUT2D eigenvalue weighted by Crippen LogP contribution is 2.26. The Hall–Kier alpha value is -0.610. The first-order chi connectivity index (χ1) is 8.24. The topological polar surface area (TPSA) is 44.8 Å². The predicted octanol–water partition coefficient (Wildman–Crippen LogP) is 2.40. The second-order valence-electron chi connectivity index (χ2n) is 4.95. The van der Waals surface area contributed by atoms with Crippen LogP contribution in [0.1, 0.15) is 51.9 Å². The number of ether oxygens (including phenoxy) is 3. The molecule has 4 nitrogen and oxygen atoms in total. The Labute approximate surface area is 103 Å². The van der Waals surface area contributed by atoms with E-state index in [1.807, 2.05) is 0 Å². The van der Waals surface area contributed by atoms with Crippen LogP contribution < -0.4 is 0 Å². The maximum Gasteiger partial charge on any atom is 0.302 e. The molecule has 3 atom stereocenters. The second-order valence-corrected chi connectivity index (χ2v) is 4.95. The molecule has 1 saturated heterocycles. The molecule has 0 aromatic carbocycles. The van der Waals surface area contributed by atoms with Gasteiger partial charge in [0.15, 0.2) is 6.29 Å². The van der Waals surface area contributed by atoms with Crippen LogP contribution in [0.3, 0.4) is 0 Å². The number of hydrogen-bond donors (Lipinski definition) is 0. The van der Waals surface area contributed by atoms with Crippen LogP contribution in [0.15, 0.2) is 0 Å². The van der Waals surface area contributed by atoms with Crippen molar-refractivity contribution in [3.8, 4) is 0 Å². The van der Waals surface area contributed by atoms with Crippen LogP contribution in [0.25, 0.3) is 0 Å². The maximum absolute atomic E-state index is 10.9. The zero-order chi connectivity index (χ0) is 12.1. The first kappa shape index (κ1) is 12.8. The number of carbonyl (C=O) groups excluding carboxylic acids is 1. The van der Waals surface area contributed by atoms with Crippen LogP contribution in [0.2, 0.25) is 0 Å². The van der Waals surface area contributed by atoms with Gasteiger partial charge in [0.1, 0.15) is 6.10 Å². The lowest BCUT2D eigenvalue weighted by Gasteiger charge is -2.32. The summed E-state index contributed by atoms with van der Waals surface area (Å²) in [5.74, 6) is -0.190. The molecule has 1 aliphatic carbocycles. The van der Waals surface area contributed by atoms with Crippen molar-refractivity contribution in [3.63, 3.8) is 0 Å². The fraction of sp³-hybridized carbons (Fsp3) is 0.923. The average Bonchev–Trinajstić information content (AvgIpc) is 2.30. The molecule has 0 spiro atoms. The number of hydrogen-bond acceptors (Lipinski definition) is 4. The van der Waals surface area contributed by atoms with E-state index in [0.717, 1.165) is 45.1 Å². The summed E-state index contributed by atoms with van der Waals surface area (Å²) in [5, 5.41) is 0. The SMILES string of the molecule is CC(=O)O[C@H]1CCC[C@@H](O[C@@H]2CCCCO2)C1. The zero-order valence-corrected chi connectivity index (χ0v) is 10.5. The molecule has 0 bridgehead atoms. The molecular weight excluding hydrogens is 220 g/mol. The highest BCUT2D eigenvalue weighted by Gasteiger charge is 2.27. The Morgan fingerprint density at radius 2 is 1.94 bits per heavy atom. The average molecular weight is 242 g/mol. The molecule has 0 amide bonds. The summed E-state index contributed by atoms with van der Waals surface area (Å²) >= 11 is 0. The summed E-state index contributed by atoms with van der Waals surface area (Å²) in [7, 11) is 0. The number of rotatable bonds is 3. The second kappa shape index (κ2) is 6.36. The molecule has 0 aromatic heterocycles. The minimum absolute atomic E-state index is 0.0369. The van der Waals surface area contributed by atoms with Crippen LogP contribution in [-0.4, -0.2) is 31.1 Å². The number of carbonyl (C=O) groups is 1. The van der Waals surface area contributed by atoms with Crippen LogP contribution >= 0.6 is 0 Å². The molecule has 0 radical (unpaired) electrons. The molecule has 0 aromatic rings. The highest BCUT2D eigenvalue weighted by molar-refractivity contribution is 5.66. The van der Waals surface area contributed by atoms with Crippen molar-refractivity contribution in [2.24, 2.45) is 0 Å². The van der Waals surface area contributed by atoms with Crippen LogP contribution in [0.5, 0.6) is 0 Å². The monoisotopic (exact) mass is 242 g/mol. The van der Waals surface area contributed by atoms with E-state index in [1.165, 1.54) is 13.3 Å². The summed E-state index contributed by atoms with van der Waals surface area (Å²) in [6, 6.07) is 0. The lowest BCUT2D eigenvalue weighted by molar-refractivity contribution is -0.200. The minimum Gasteiger partial charge on any atom is -0.462 e. The fourth-order valence-electron chi connectivity index (χ4n) is 2.60. The Balaban J connectivity index is 1.74. The first-order valence-corrected chi connectivity index (χ1v) is 6.68. The maximum atomic E-state index is 10.9. The van der Waals surface area contributed by atoms with Crippen LogP contribution in [0, 0.1) is 0 Å². The van der Waals surface area contributed by atoms with Gasteiger partial charge in [-0.25, -0.2) is 0 Å². The van der Waals surface area contributed by atoms with Crippen molar-refractivity contribution in [2.75, 3.05) is 6.61 Å². The summed E-state index contributed by atoms with van der Waals surface area (Å²) in [4.78, 5) is 10.9. The van der Waals surface area contributed by atoms with Crippen molar-refractivity contribution in [1.29, 1.82) is 0 Å². The van der Waals surface area contributed by atoms with Crippen LogP contribution in [0.4, 0.5) is 0 Å². The van der Waals surface area contributed by atoms with Gasteiger partial charge in [0.2, 0.25) is 0 Å². The Bertz CT molecular complexity index is 248. The quantitative estimate of drug-likeness (QED) is 0.713. The van der Waals surface area contributed by atoms with Gasteiger partial charge in [-0.2, -0.15) is 0 Å². The summed E-state index contributed by atoms with van der Waals surface area (Å²) < 4.78 is 16.7. The van der Waals surface area contributed by atoms with Gasteiger partial charge < -0.3 is 14.2 Å². The lowest BCUT2D eigenvalue weighted by atomic mass is 9.95. The van der Waals surface area contributed by atoms with E-state index in [0.29, 0.717) is 0 Å². The molecule has 1 saturated carbocycles. The van der Waals surface area contributed by atoms with E-state index in [4.69, 9.17) is 14.2 Å². The third-order valence-corrected chi connectivity index (χ3v) is 3.39. The smallest absolute Gasteiger partial charge is 0.302 e. The molecule has 2 fully saturated rings. The lowest BCUT2D eigenvalue weighted by Crippen LogP contribution is -2.34. The molecule has 1 aliphatic heterocycles. The van der Waals surface area contributed by atoms with Crippen molar-refractivity contribution in [2.45, 2.75) is 70.4 Å². The fourth-order valence-corrected chi connectivity index (χ4v) is 2.60. The van der Waals surface area contributed by atoms with Crippen molar-refractivity contribution in [1.82, 2.24) is 0 Å². The third kappa shape index (κ3) is 4.28. The molecule has 4 heteroatoms. The summed E-state index contributed by atoms with van der Waals surface area (Å²) in [5.41, 5.74) is 0. The number of esters is 1. The highest BCUT2D eigenvalue weighted by atomic mass is 16.7. The predicted molar refractivity (Wildman–Crippen MR) is 62.5 cm³/mol. The molecule has 2 rings (SSSR count). The Kier molecular flexibility index (Phi) is 4.80. The van der Waals surface area contributed by atoms with Gasteiger partial charge in [-0.3, -0.25) is 4.79 Å². The molecule has 17 heavy (non-hydrogen) atoms. The van der Waals surface area contributed by atoms with Gasteiger partial charge in [-0.1, -0.05) is 0 Å². The van der Waals surface area contributed by atoms with E-state index in [1.54, 1.807) is 0 Å². The summed E-state index contributed by atoms with van der Waals surface area (Å²) in [6.07, 6.45) is 7.41.